The predicted molar refractivity (Wildman–Crippen MR) is 71.1 cm³/mol. The van der Waals surface area contributed by atoms with Crippen LogP contribution >= 0.6 is 0 Å². The summed E-state index contributed by atoms with van der Waals surface area (Å²) in [6.45, 7) is 4.97. The maximum Gasteiger partial charge on any atom is 0.119 e. The minimum absolute atomic E-state index is 0.106. The quantitative estimate of drug-likeness (QED) is 0.864. The highest BCUT2D eigenvalue weighted by atomic mass is 16.5. The lowest BCUT2D eigenvalue weighted by Crippen LogP contribution is -2.33. The lowest BCUT2D eigenvalue weighted by molar-refractivity contribution is 0.339. The minimum Gasteiger partial charge on any atom is -0.494 e. The Labute approximate surface area is 104 Å². The van der Waals surface area contributed by atoms with Gasteiger partial charge in [-0.05, 0) is 49.8 Å². The van der Waals surface area contributed by atoms with Crippen molar-refractivity contribution >= 4 is 0 Å². The Bertz CT molecular complexity index is 360. The monoisotopic (exact) mass is 233 g/mol. The smallest absolute Gasteiger partial charge is 0.119 e. The summed E-state index contributed by atoms with van der Waals surface area (Å²) in [6, 6.07) is 8.32. The molecule has 17 heavy (non-hydrogen) atoms. The molecule has 2 unspecified atom stereocenters. The van der Waals surface area contributed by atoms with Gasteiger partial charge in [0, 0.05) is 5.54 Å². The van der Waals surface area contributed by atoms with Crippen LogP contribution in [0.15, 0.2) is 24.3 Å². The molecule has 2 rings (SSSR count). The molecule has 1 aliphatic carbocycles. The third kappa shape index (κ3) is 2.63. The van der Waals surface area contributed by atoms with E-state index in [-0.39, 0.29) is 5.54 Å². The molecule has 1 fully saturated rings. The second kappa shape index (κ2) is 5.09. The molecule has 2 atom stereocenters. The molecule has 0 aliphatic heterocycles. The normalized spacial score (nSPS) is 28.3. The third-order valence-corrected chi connectivity index (χ3v) is 3.97. The van der Waals surface area contributed by atoms with Gasteiger partial charge < -0.3 is 10.5 Å². The fourth-order valence-electron chi connectivity index (χ4n) is 2.84. The lowest BCUT2D eigenvalue weighted by Gasteiger charge is -2.25. The van der Waals surface area contributed by atoms with Crippen LogP contribution in [0.5, 0.6) is 5.75 Å². The maximum absolute atomic E-state index is 6.53. The highest BCUT2D eigenvalue weighted by Gasteiger charge is 2.36. The average molecular weight is 233 g/mol. The average Bonchev–Trinajstić information content (AvgIpc) is 2.74. The summed E-state index contributed by atoms with van der Waals surface area (Å²) in [5.41, 5.74) is 7.68. The molecule has 2 nitrogen and oxygen atoms in total. The zero-order chi connectivity index (χ0) is 12.3. The van der Waals surface area contributed by atoms with Crippen molar-refractivity contribution in [3.8, 4) is 5.75 Å². The van der Waals surface area contributed by atoms with Crippen LogP contribution in [0.2, 0.25) is 0 Å². The van der Waals surface area contributed by atoms with E-state index in [2.05, 4.69) is 19.1 Å². The molecule has 0 amide bonds. The Morgan fingerprint density at radius 2 is 2.00 bits per heavy atom. The van der Waals surface area contributed by atoms with E-state index in [0.29, 0.717) is 6.61 Å². The molecule has 0 aromatic heterocycles. The van der Waals surface area contributed by atoms with Gasteiger partial charge in [-0.25, -0.2) is 0 Å². The zero-order valence-electron chi connectivity index (χ0n) is 10.9. The molecule has 1 aromatic rings. The summed E-state index contributed by atoms with van der Waals surface area (Å²) in [5, 5.41) is 0. The van der Waals surface area contributed by atoms with Gasteiger partial charge in [0.05, 0.1) is 6.61 Å². The standard InChI is InChI=1S/C15H23NO/c1-3-12-9-10-15(16,11-12)13-5-7-14(8-6-13)17-4-2/h5-8,12H,3-4,9-11,16H2,1-2H3. The third-order valence-electron chi connectivity index (χ3n) is 3.97. The fraction of sp³-hybridized carbons (Fsp3) is 0.600. The number of ether oxygens (including phenoxy) is 1. The molecule has 0 spiro atoms. The number of hydrogen-bond donors (Lipinski definition) is 1. The predicted octanol–water partition coefficient (Wildman–Crippen LogP) is 3.45. The van der Waals surface area contributed by atoms with Crippen molar-refractivity contribution in [2.45, 2.75) is 45.1 Å². The first kappa shape index (κ1) is 12.4. The summed E-state index contributed by atoms with van der Waals surface area (Å²) in [4.78, 5) is 0. The van der Waals surface area contributed by atoms with E-state index >= 15 is 0 Å². The molecule has 94 valence electrons. The van der Waals surface area contributed by atoms with Gasteiger partial charge in [0.1, 0.15) is 5.75 Å². The van der Waals surface area contributed by atoms with Crippen molar-refractivity contribution in [1.29, 1.82) is 0 Å². The van der Waals surface area contributed by atoms with E-state index in [4.69, 9.17) is 10.5 Å². The number of rotatable bonds is 4. The van der Waals surface area contributed by atoms with Crippen LogP contribution in [0.1, 0.15) is 45.1 Å². The molecule has 1 aliphatic rings. The number of nitrogens with two attached hydrogens (primary N) is 1. The van der Waals surface area contributed by atoms with Crippen LogP contribution in [0, 0.1) is 5.92 Å². The van der Waals surface area contributed by atoms with E-state index < -0.39 is 0 Å². The van der Waals surface area contributed by atoms with Crippen LogP contribution in [-0.2, 0) is 5.54 Å². The number of benzene rings is 1. The lowest BCUT2D eigenvalue weighted by atomic mass is 9.88. The van der Waals surface area contributed by atoms with Crippen LogP contribution in [0.25, 0.3) is 0 Å². The Morgan fingerprint density at radius 3 is 2.53 bits per heavy atom. The van der Waals surface area contributed by atoms with Crippen LogP contribution < -0.4 is 10.5 Å². The SMILES string of the molecule is CCOc1ccc(C2(N)CCC(CC)C2)cc1. The fourth-order valence-corrected chi connectivity index (χ4v) is 2.84. The number of hydrogen-bond acceptors (Lipinski definition) is 2. The van der Waals surface area contributed by atoms with Gasteiger partial charge in [-0.1, -0.05) is 25.5 Å². The summed E-state index contributed by atoms with van der Waals surface area (Å²) in [5.74, 6) is 1.73. The molecule has 0 radical (unpaired) electrons. The van der Waals surface area contributed by atoms with Crippen molar-refractivity contribution in [3.63, 3.8) is 0 Å². The minimum atomic E-state index is -0.106. The van der Waals surface area contributed by atoms with Crippen molar-refractivity contribution in [2.75, 3.05) is 6.61 Å². The maximum atomic E-state index is 6.53. The van der Waals surface area contributed by atoms with Gasteiger partial charge in [-0.2, -0.15) is 0 Å². The molecule has 0 bridgehead atoms. The summed E-state index contributed by atoms with van der Waals surface area (Å²) < 4.78 is 5.46. The first-order valence-electron chi connectivity index (χ1n) is 6.70. The first-order valence-corrected chi connectivity index (χ1v) is 6.70. The highest BCUT2D eigenvalue weighted by molar-refractivity contribution is 5.32. The van der Waals surface area contributed by atoms with Gasteiger partial charge in [-0.15, -0.1) is 0 Å². The van der Waals surface area contributed by atoms with E-state index in [1.165, 1.54) is 18.4 Å². The highest BCUT2D eigenvalue weighted by Crippen LogP contribution is 2.41. The van der Waals surface area contributed by atoms with E-state index in [1.54, 1.807) is 0 Å². The summed E-state index contributed by atoms with van der Waals surface area (Å²) in [7, 11) is 0. The zero-order valence-corrected chi connectivity index (χ0v) is 10.9. The van der Waals surface area contributed by atoms with Crippen LogP contribution in [0.3, 0.4) is 0 Å². The van der Waals surface area contributed by atoms with Crippen molar-refractivity contribution in [2.24, 2.45) is 11.7 Å². The Hall–Kier alpha value is -1.02. The van der Waals surface area contributed by atoms with Gasteiger partial charge in [0.2, 0.25) is 0 Å². The van der Waals surface area contributed by atoms with Crippen molar-refractivity contribution < 1.29 is 4.74 Å². The topological polar surface area (TPSA) is 35.2 Å². The molecule has 2 N–H and O–H groups in total. The van der Waals surface area contributed by atoms with E-state index in [9.17, 15) is 0 Å². The summed E-state index contributed by atoms with van der Waals surface area (Å²) >= 11 is 0. The molecule has 0 heterocycles. The van der Waals surface area contributed by atoms with Gasteiger partial charge in [-0.3, -0.25) is 0 Å². The molecule has 0 saturated heterocycles. The second-order valence-corrected chi connectivity index (χ2v) is 5.13. The van der Waals surface area contributed by atoms with Crippen LogP contribution in [-0.4, -0.2) is 6.61 Å². The largest absolute Gasteiger partial charge is 0.494 e. The Kier molecular flexibility index (Phi) is 3.72. The van der Waals surface area contributed by atoms with Crippen molar-refractivity contribution in [1.82, 2.24) is 0 Å². The van der Waals surface area contributed by atoms with E-state index in [1.807, 2.05) is 19.1 Å². The molecular weight excluding hydrogens is 210 g/mol. The summed E-state index contributed by atoms with van der Waals surface area (Å²) in [6.07, 6.45) is 4.74. The van der Waals surface area contributed by atoms with Gasteiger partial charge in [0.15, 0.2) is 0 Å². The van der Waals surface area contributed by atoms with E-state index in [0.717, 1.165) is 24.5 Å². The van der Waals surface area contributed by atoms with Crippen molar-refractivity contribution in [3.05, 3.63) is 29.8 Å². The van der Waals surface area contributed by atoms with Gasteiger partial charge in [0.25, 0.3) is 0 Å². The first-order chi connectivity index (χ1) is 8.18. The molecule has 1 aromatic carbocycles. The molecule has 2 heteroatoms. The molecular formula is C15H23NO. The Morgan fingerprint density at radius 1 is 1.29 bits per heavy atom. The Balaban J connectivity index is 2.11. The van der Waals surface area contributed by atoms with Gasteiger partial charge >= 0.3 is 0 Å². The second-order valence-electron chi connectivity index (χ2n) is 5.13. The molecule has 1 saturated carbocycles. The van der Waals surface area contributed by atoms with Crippen LogP contribution in [0.4, 0.5) is 0 Å².